The van der Waals surface area contributed by atoms with Crippen molar-refractivity contribution in [3.63, 3.8) is 0 Å². The van der Waals surface area contributed by atoms with Gasteiger partial charge >= 0.3 is 5.97 Å². The highest BCUT2D eigenvalue weighted by molar-refractivity contribution is 5.96. The average Bonchev–Trinajstić information content (AvgIpc) is 2.81. The molecule has 0 saturated heterocycles. The second-order valence-electron chi connectivity index (χ2n) is 3.59. The van der Waals surface area contributed by atoms with Crippen molar-refractivity contribution < 1.29 is 23.5 Å². The molecule has 0 aliphatic heterocycles. The lowest BCUT2D eigenvalue weighted by molar-refractivity contribution is 0.0492. The number of esters is 1. The largest absolute Gasteiger partial charge is 0.493 e. The second-order valence-corrected chi connectivity index (χ2v) is 3.59. The van der Waals surface area contributed by atoms with E-state index in [4.69, 9.17) is 13.9 Å². The minimum Gasteiger partial charge on any atom is -0.493 e. The van der Waals surface area contributed by atoms with Crippen molar-refractivity contribution in [2.45, 2.75) is 6.92 Å². The van der Waals surface area contributed by atoms with Crippen LogP contribution in [0.25, 0.3) is 11.0 Å². The van der Waals surface area contributed by atoms with Gasteiger partial charge in [0, 0.05) is 10.9 Å². The molecule has 0 aliphatic carbocycles. The number of benzene rings is 1. The van der Waals surface area contributed by atoms with Crippen LogP contribution in [0, 0.1) is 0 Å². The Bertz CT molecular complexity index is 597. The lowest BCUT2D eigenvalue weighted by Crippen LogP contribution is -2.02. The molecule has 0 atom stereocenters. The molecule has 0 saturated carbocycles. The fraction of sp³-hybridized carbons (Fsp3) is 0.231. The highest BCUT2D eigenvalue weighted by atomic mass is 16.5. The minimum atomic E-state index is -0.539. The Morgan fingerprint density at radius 2 is 2.17 bits per heavy atom. The summed E-state index contributed by atoms with van der Waals surface area (Å²) in [6.07, 6.45) is 0.707. The van der Waals surface area contributed by atoms with Gasteiger partial charge in [0.1, 0.15) is 6.29 Å². The first-order chi connectivity index (χ1) is 8.69. The van der Waals surface area contributed by atoms with Crippen LogP contribution in [-0.4, -0.2) is 26.0 Å². The first-order valence-corrected chi connectivity index (χ1v) is 5.43. The topological polar surface area (TPSA) is 65.7 Å². The molecule has 0 amide bonds. The van der Waals surface area contributed by atoms with E-state index in [1.54, 1.807) is 19.1 Å². The van der Waals surface area contributed by atoms with Crippen molar-refractivity contribution >= 4 is 23.2 Å². The maximum Gasteiger partial charge on any atom is 0.374 e. The highest BCUT2D eigenvalue weighted by Gasteiger charge is 2.16. The van der Waals surface area contributed by atoms with Crippen LogP contribution >= 0.6 is 0 Å². The quantitative estimate of drug-likeness (QED) is 0.614. The van der Waals surface area contributed by atoms with Crippen LogP contribution in [0.2, 0.25) is 0 Å². The van der Waals surface area contributed by atoms with E-state index < -0.39 is 5.97 Å². The predicted molar refractivity (Wildman–Crippen MR) is 64.1 cm³/mol. The summed E-state index contributed by atoms with van der Waals surface area (Å²) < 4.78 is 15.4. The third-order valence-corrected chi connectivity index (χ3v) is 2.44. The van der Waals surface area contributed by atoms with Gasteiger partial charge in [-0.25, -0.2) is 4.79 Å². The first kappa shape index (κ1) is 12.2. The van der Waals surface area contributed by atoms with Gasteiger partial charge in [0.25, 0.3) is 0 Å². The zero-order chi connectivity index (χ0) is 13.1. The van der Waals surface area contributed by atoms with Gasteiger partial charge in [-0.15, -0.1) is 0 Å². The molecule has 0 aliphatic rings. The molecule has 0 unspecified atom stereocenters. The number of hydrogen-bond donors (Lipinski definition) is 0. The Balaban J connectivity index is 2.56. The van der Waals surface area contributed by atoms with Crippen LogP contribution in [0.3, 0.4) is 0 Å². The van der Waals surface area contributed by atoms with E-state index in [1.165, 1.54) is 13.2 Å². The lowest BCUT2D eigenvalue weighted by atomic mass is 10.1. The molecule has 0 spiro atoms. The number of carbonyl (C=O) groups excluding carboxylic acids is 2. The van der Waals surface area contributed by atoms with Crippen LogP contribution in [0.5, 0.6) is 5.75 Å². The molecule has 1 heterocycles. The number of carbonyl (C=O) groups is 2. The smallest absolute Gasteiger partial charge is 0.374 e. The molecule has 2 aromatic rings. The minimum absolute atomic E-state index is 0.0909. The first-order valence-electron chi connectivity index (χ1n) is 5.43. The SMILES string of the molecule is CCOC(=O)c1cc2cc(C=O)cc(OC)c2o1. The van der Waals surface area contributed by atoms with Crippen molar-refractivity contribution in [2.24, 2.45) is 0 Å². The summed E-state index contributed by atoms with van der Waals surface area (Å²) >= 11 is 0. The summed E-state index contributed by atoms with van der Waals surface area (Å²) in [6.45, 7) is 1.98. The van der Waals surface area contributed by atoms with E-state index in [2.05, 4.69) is 0 Å². The molecule has 2 rings (SSSR count). The molecule has 0 N–H and O–H groups in total. The molecular formula is C13H12O5. The number of methoxy groups -OCH3 is 1. The number of hydrogen-bond acceptors (Lipinski definition) is 5. The molecule has 18 heavy (non-hydrogen) atoms. The van der Waals surface area contributed by atoms with E-state index in [0.717, 1.165) is 0 Å². The van der Waals surface area contributed by atoms with Crippen LogP contribution in [-0.2, 0) is 4.74 Å². The van der Waals surface area contributed by atoms with Gasteiger partial charge in [-0.3, -0.25) is 4.79 Å². The summed E-state index contributed by atoms with van der Waals surface area (Å²) in [4.78, 5) is 22.3. The average molecular weight is 248 g/mol. The maximum absolute atomic E-state index is 11.5. The lowest BCUT2D eigenvalue weighted by Gasteiger charge is -2.01. The van der Waals surface area contributed by atoms with Gasteiger partial charge in [-0.05, 0) is 25.1 Å². The van der Waals surface area contributed by atoms with Crippen molar-refractivity contribution in [3.05, 3.63) is 29.5 Å². The fourth-order valence-corrected chi connectivity index (χ4v) is 1.67. The molecule has 5 heteroatoms. The van der Waals surface area contributed by atoms with E-state index in [0.29, 0.717) is 28.6 Å². The van der Waals surface area contributed by atoms with Gasteiger partial charge < -0.3 is 13.9 Å². The number of furan rings is 1. The van der Waals surface area contributed by atoms with Crippen molar-refractivity contribution in [2.75, 3.05) is 13.7 Å². The summed E-state index contributed by atoms with van der Waals surface area (Å²) in [5.74, 6) is -0.0400. The summed E-state index contributed by atoms with van der Waals surface area (Å²) in [6, 6.07) is 4.70. The Morgan fingerprint density at radius 3 is 2.78 bits per heavy atom. The Labute approximate surface area is 103 Å². The number of aldehydes is 1. The Kier molecular flexibility index (Phi) is 3.32. The monoisotopic (exact) mass is 248 g/mol. The van der Waals surface area contributed by atoms with Gasteiger partial charge in [0.15, 0.2) is 11.3 Å². The normalized spacial score (nSPS) is 10.3. The number of fused-ring (bicyclic) bond motifs is 1. The van der Waals surface area contributed by atoms with Gasteiger partial charge in [0.2, 0.25) is 5.76 Å². The molecular weight excluding hydrogens is 236 g/mol. The zero-order valence-corrected chi connectivity index (χ0v) is 10.1. The fourth-order valence-electron chi connectivity index (χ4n) is 1.67. The summed E-state index contributed by atoms with van der Waals surface area (Å²) in [5, 5.41) is 0.625. The van der Waals surface area contributed by atoms with Crippen molar-refractivity contribution in [3.8, 4) is 5.75 Å². The standard InChI is InChI=1S/C13H12O5/c1-3-17-13(15)11-6-9-4-8(7-14)5-10(16-2)12(9)18-11/h4-7H,3H2,1-2H3. The molecule has 1 aromatic heterocycles. The summed E-state index contributed by atoms with van der Waals surface area (Å²) in [7, 11) is 1.47. The Hall–Kier alpha value is -2.30. The van der Waals surface area contributed by atoms with Crippen molar-refractivity contribution in [1.29, 1.82) is 0 Å². The van der Waals surface area contributed by atoms with E-state index >= 15 is 0 Å². The van der Waals surface area contributed by atoms with Crippen LogP contribution in [0.1, 0.15) is 27.8 Å². The van der Waals surface area contributed by atoms with Crippen LogP contribution in [0.4, 0.5) is 0 Å². The van der Waals surface area contributed by atoms with E-state index in [-0.39, 0.29) is 12.4 Å². The highest BCUT2D eigenvalue weighted by Crippen LogP contribution is 2.30. The third kappa shape index (κ3) is 2.07. The molecule has 0 radical (unpaired) electrons. The number of ether oxygens (including phenoxy) is 2. The Morgan fingerprint density at radius 1 is 1.39 bits per heavy atom. The molecule has 94 valence electrons. The molecule has 5 nitrogen and oxygen atoms in total. The van der Waals surface area contributed by atoms with E-state index in [9.17, 15) is 9.59 Å². The zero-order valence-electron chi connectivity index (χ0n) is 10.1. The summed E-state index contributed by atoms with van der Waals surface area (Å²) in [5.41, 5.74) is 0.877. The van der Waals surface area contributed by atoms with Gasteiger partial charge in [-0.2, -0.15) is 0 Å². The van der Waals surface area contributed by atoms with E-state index in [1.807, 2.05) is 0 Å². The molecule has 1 aromatic carbocycles. The molecule has 0 bridgehead atoms. The maximum atomic E-state index is 11.5. The van der Waals surface area contributed by atoms with Crippen LogP contribution < -0.4 is 4.74 Å². The predicted octanol–water partition coefficient (Wildman–Crippen LogP) is 2.43. The van der Waals surface area contributed by atoms with Crippen molar-refractivity contribution in [1.82, 2.24) is 0 Å². The third-order valence-electron chi connectivity index (χ3n) is 2.44. The molecule has 0 fully saturated rings. The van der Waals surface area contributed by atoms with Gasteiger partial charge in [-0.1, -0.05) is 0 Å². The second kappa shape index (κ2) is 4.91. The van der Waals surface area contributed by atoms with Crippen LogP contribution in [0.15, 0.2) is 22.6 Å². The number of rotatable bonds is 4. The van der Waals surface area contributed by atoms with Gasteiger partial charge in [0.05, 0.1) is 13.7 Å².